The second kappa shape index (κ2) is 7.49. The molecule has 0 saturated carbocycles. The van der Waals surface area contributed by atoms with Gasteiger partial charge in [0, 0.05) is 13.6 Å². The molecule has 0 bridgehead atoms. The third kappa shape index (κ3) is 3.42. The maximum atomic E-state index is 9.18. The van der Waals surface area contributed by atoms with Gasteiger partial charge in [-0.2, -0.15) is 14.9 Å². The van der Waals surface area contributed by atoms with Crippen LogP contribution in [-0.2, 0) is 0 Å². The first kappa shape index (κ1) is 17.2. The molecule has 3 aromatic heterocycles. The molecule has 25 heavy (non-hydrogen) atoms. The minimum Gasteiger partial charge on any atom is -0.351 e. The average Bonchev–Trinajstić information content (AvgIpc) is 3.36. The van der Waals surface area contributed by atoms with Crippen LogP contribution in [-0.4, -0.2) is 22.9 Å². The normalized spacial score (nSPS) is 10.7. The van der Waals surface area contributed by atoms with Crippen molar-refractivity contribution in [3.05, 3.63) is 28.8 Å². The Kier molecular flexibility index (Phi) is 5.14. The van der Waals surface area contributed by atoms with E-state index in [9.17, 15) is 5.26 Å². The molecule has 0 aliphatic rings. The molecule has 0 aromatic carbocycles. The largest absolute Gasteiger partial charge is 0.351 e. The Labute approximate surface area is 156 Å². The number of anilines is 1. The summed E-state index contributed by atoms with van der Waals surface area (Å²) in [5, 5.41) is 30.4. The van der Waals surface area contributed by atoms with Gasteiger partial charge in [0.2, 0.25) is 0 Å². The van der Waals surface area contributed by atoms with Crippen molar-refractivity contribution in [1.82, 2.24) is 9.36 Å². The van der Waals surface area contributed by atoms with Crippen LogP contribution < -0.4 is 4.90 Å². The monoisotopic (exact) mass is 385 g/mol. The van der Waals surface area contributed by atoms with Crippen LogP contribution in [0.4, 0.5) is 15.1 Å². The number of rotatable bonds is 5. The molecule has 0 amide bonds. The molecule has 0 N–H and O–H groups in total. The molecule has 0 atom stereocenters. The van der Waals surface area contributed by atoms with E-state index in [1.165, 1.54) is 11.3 Å². The molecule has 0 spiro atoms. The lowest BCUT2D eigenvalue weighted by Crippen LogP contribution is -2.15. The summed E-state index contributed by atoms with van der Waals surface area (Å²) in [6, 6.07) is 7.79. The Hall–Kier alpha value is -2.66. The number of thiophene rings is 1. The third-order valence-electron chi connectivity index (χ3n) is 3.28. The molecular weight excluding hydrogens is 374 g/mol. The van der Waals surface area contributed by atoms with Crippen LogP contribution in [0.1, 0.15) is 18.2 Å². The van der Waals surface area contributed by atoms with Gasteiger partial charge in [-0.15, -0.1) is 21.6 Å². The Morgan fingerprint density at radius 3 is 2.68 bits per heavy atom. The van der Waals surface area contributed by atoms with Gasteiger partial charge in [-0.25, -0.2) is 4.98 Å². The number of hydrogen-bond acceptors (Lipinski definition) is 10. The molecule has 0 fully saturated rings. The molecule has 0 unspecified atom stereocenters. The lowest BCUT2D eigenvalue weighted by atomic mass is 10.3. The first-order chi connectivity index (χ1) is 12.2. The second-order valence-electron chi connectivity index (χ2n) is 4.78. The van der Waals surface area contributed by atoms with Gasteiger partial charge in [-0.1, -0.05) is 17.4 Å². The van der Waals surface area contributed by atoms with Crippen molar-refractivity contribution in [2.24, 2.45) is 10.2 Å². The van der Waals surface area contributed by atoms with Gasteiger partial charge in [0.15, 0.2) is 20.8 Å². The zero-order chi connectivity index (χ0) is 17.8. The number of nitriles is 2. The highest BCUT2D eigenvalue weighted by Gasteiger charge is 2.17. The smallest absolute Gasteiger partial charge is 0.187 e. The van der Waals surface area contributed by atoms with E-state index in [1.54, 1.807) is 11.3 Å². The van der Waals surface area contributed by atoms with Crippen molar-refractivity contribution in [1.29, 1.82) is 10.5 Å². The molecule has 3 aromatic rings. The van der Waals surface area contributed by atoms with Gasteiger partial charge in [0.1, 0.15) is 23.4 Å². The molecule has 124 valence electrons. The van der Waals surface area contributed by atoms with Crippen LogP contribution in [0.2, 0.25) is 0 Å². The maximum Gasteiger partial charge on any atom is 0.187 e. The zero-order valence-corrected chi connectivity index (χ0v) is 15.7. The Morgan fingerprint density at radius 1 is 1.24 bits per heavy atom. The summed E-state index contributed by atoms with van der Waals surface area (Å²) in [7, 11) is 1.97. The highest BCUT2D eigenvalue weighted by molar-refractivity contribution is 7.20. The summed E-state index contributed by atoms with van der Waals surface area (Å²) in [5.74, 6) is 0. The fourth-order valence-electron chi connectivity index (χ4n) is 1.86. The maximum absolute atomic E-state index is 9.18. The first-order valence-corrected chi connectivity index (χ1v) is 9.62. The Morgan fingerprint density at radius 2 is 2.04 bits per heavy atom. The van der Waals surface area contributed by atoms with Gasteiger partial charge in [-0.05, 0) is 29.9 Å². The van der Waals surface area contributed by atoms with E-state index in [0.717, 1.165) is 33.8 Å². The molecule has 0 aliphatic carbocycles. The summed E-state index contributed by atoms with van der Waals surface area (Å²) in [6.07, 6.45) is 0. The van der Waals surface area contributed by atoms with E-state index in [1.807, 2.05) is 48.5 Å². The lowest BCUT2D eigenvalue weighted by Gasteiger charge is -2.10. The van der Waals surface area contributed by atoms with Crippen molar-refractivity contribution in [2.75, 3.05) is 18.5 Å². The molecule has 3 rings (SSSR count). The molecular formula is C15H11N7S3. The average molecular weight is 386 g/mol. The van der Waals surface area contributed by atoms with E-state index in [0.29, 0.717) is 10.0 Å². The van der Waals surface area contributed by atoms with Gasteiger partial charge >= 0.3 is 0 Å². The number of thiazole rings is 1. The van der Waals surface area contributed by atoms with Gasteiger partial charge < -0.3 is 4.90 Å². The molecule has 0 radical (unpaired) electrons. The topological polar surface area (TPSA) is 101 Å². The lowest BCUT2D eigenvalue weighted by molar-refractivity contribution is 0.959. The Bertz CT molecular complexity index is 986. The summed E-state index contributed by atoms with van der Waals surface area (Å²) in [6.45, 7) is 2.88. The van der Waals surface area contributed by atoms with Crippen LogP contribution in [0.15, 0.2) is 27.7 Å². The van der Waals surface area contributed by atoms with Gasteiger partial charge in [0.05, 0.1) is 4.88 Å². The molecule has 3 heterocycles. The summed E-state index contributed by atoms with van der Waals surface area (Å²) in [5.41, 5.74) is 1.00. The molecule has 0 saturated heterocycles. The van der Waals surface area contributed by atoms with E-state index < -0.39 is 0 Å². The van der Waals surface area contributed by atoms with Crippen LogP contribution in [0.5, 0.6) is 0 Å². The van der Waals surface area contributed by atoms with Gasteiger partial charge in [0.25, 0.3) is 0 Å². The number of aromatic nitrogens is 2. The number of hydrogen-bond donors (Lipinski definition) is 0. The fraction of sp³-hybridized carbons (Fsp3) is 0.200. The Balaban J connectivity index is 2.02. The van der Waals surface area contributed by atoms with Crippen molar-refractivity contribution in [2.45, 2.75) is 6.92 Å². The predicted molar refractivity (Wildman–Crippen MR) is 100 cm³/mol. The second-order valence-corrected chi connectivity index (χ2v) is 7.43. The van der Waals surface area contributed by atoms with Crippen molar-refractivity contribution in [3.8, 4) is 22.7 Å². The van der Waals surface area contributed by atoms with Crippen molar-refractivity contribution in [3.63, 3.8) is 0 Å². The number of azo groups is 1. The van der Waals surface area contributed by atoms with Crippen LogP contribution in [0.3, 0.4) is 0 Å². The van der Waals surface area contributed by atoms with E-state index >= 15 is 0 Å². The van der Waals surface area contributed by atoms with Crippen LogP contribution in [0.25, 0.3) is 10.6 Å². The SMILES string of the molecule is CCN(C)c1nc(-c2cccs2)c(/N=N/c2snc(C#N)c2C#N)s1. The van der Waals surface area contributed by atoms with Gasteiger partial charge in [-0.3, -0.25) is 0 Å². The minimum atomic E-state index is 0.0793. The van der Waals surface area contributed by atoms with Crippen molar-refractivity contribution >= 4 is 49.3 Å². The first-order valence-electron chi connectivity index (χ1n) is 7.15. The summed E-state index contributed by atoms with van der Waals surface area (Å²) >= 11 is 4.00. The predicted octanol–water partition coefficient (Wildman–Crippen LogP) is 4.94. The molecule has 10 heteroatoms. The fourth-order valence-corrected chi connectivity index (χ4v) is 4.19. The van der Waals surface area contributed by atoms with E-state index in [4.69, 9.17) is 5.26 Å². The summed E-state index contributed by atoms with van der Waals surface area (Å²) in [4.78, 5) is 7.70. The zero-order valence-electron chi connectivity index (χ0n) is 13.3. The van der Waals surface area contributed by atoms with E-state index in [2.05, 4.69) is 19.6 Å². The minimum absolute atomic E-state index is 0.0793. The van der Waals surface area contributed by atoms with Crippen LogP contribution >= 0.6 is 34.2 Å². The quantitative estimate of drug-likeness (QED) is 0.579. The van der Waals surface area contributed by atoms with E-state index in [-0.39, 0.29) is 11.3 Å². The van der Waals surface area contributed by atoms with Crippen molar-refractivity contribution < 1.29 is 0 Å². The molecule has 0 aliphatic heterocycles. The van der Waals surface area contributed by atoms with Crippen LogP contribution in [0, 0.1) is 22.7 Å². The highest BCUT2D eigenvalue weighted by Crippen LogP contribution is 2.42. The number of nitrogens with zero attached hydrogens (tertiary/aromatic N) is 7. The highest BCUT2D eigenvalue weighted by atomic mass is 32.1. The summed E-state index contributed by atoms with van der Waals surface area (Å²) < 4.78 is 3.92. The standard InChI is InChI=1S/C15H11N7S3/c1-3-22(2)15-18-12(11-5-4-6-23-11)14(24-15)20-19-13-9(7-16)10(8-17)21-25-13/h4-6H,3H2,1-2H3/b20-19+. The third-order valence-corrected chi connectivity index (χ3v) is 5.94. The molecule has 7 nitrogen and oxygen atoms in total.